The van der Waals surface area contributed by atoms with Gasteiger partial charge in [-0.15, -0.1) is 12.4 Å². The van der Waals surface area contributed by atoms with Crippen LogP contribution in [-0.4, -0.2) is 16.9 Å². The van der Waals surface area contributed by atoms with Gasteiger partial charge in [0, 0.05) is 23.5 Å². The highest BCUT2D eigenvalue weighted by Crippen LogP contribution is 2.42. The van der Waals surface area contributed by atoms with Crippen molar-refractivity contribution in [2.45, 2.75) is 6.92 Å². The molecule has 4 heteroatoms. The lowest BCUT2D eigenvalue weighted by atomic mass is 9.88. The molecule has 0 atom stereocenters. The van der Waals surface area contributed by atoms with Crippen molar-refractivity contribution in [1.29, 1.82) is 0 Å². The van der Waals surface area contributed by atoms with Gasteiger partial charge in [-0.2, -0.15) is 0 Å². The minimum Gasteiger partial charge on any atom is -0.494 e. The zero-order valence-electron chi connectivity index (χ0n) is 22.6. The molecule has 4 aromatic carbocycles. The average Bonchev–Trinajstić information content (AvgIpc) is 3.28. The summed E-state index contributed by atoms with van der Waals surface area (Å²) in [7, 11) is 2.16. The standard InChI is InChI=1S/C36H30N2O.ClH/c1-3-39-31-24-22-30(23-25-31)37-29-20-18-27(19-21-29)34(26-12-6-4-7-13-26)35-32-16-10-11-17-33(32)38(2)36(35)28-14-8-5-9-15-28;/h4-25H,3H2,1-2H3;1H. The van der Waals surface area contributed by atoms with Crippen LogP contribution in [0.5, 0.6) is 5.75 Å². The zero-order valence-corrected chi connectivity index (χ0v) is 23.4. The molecule has 3 nitrogen and oxygen atoms in total. The highest BCUT2D eigenvalue weighted by molar-refractivity contribution is 6.10. The summed E-state index contributed by atoms with van der Waals surface area (Å²) in [5, 5.41) is 1.24. The molecular formula is C36H31ClN2O. The number of benzene rings is 4. The summed E-state index contributed by atoms with van der Waals surface area (Å²) in [5.41, 5.74) is 10.2. The second-order valence-corrected chi connectivity index (χ2v) is 9.49. The molecule has 0 spiro atoms. The molecule has 0 amide bonds. The SMILES string of the molecule is CCOc1ccc(N=C2C=CC(=C(c3ccccc3)c3c(-c4ccccc4)n(C)c4ccccc34)C=C2)cc1.Cl. The Kier molecular flexibility index (Phi) is 8.14. The summed E-state index contributed by atoms with van der Waals surface area (Å²) in [6, 6.07) is 37.9. The number of nitrogens with zero attached hydrogens (tertiary/aromatic N) is 2. The molecule has 0 bridgehead atoms. The van der Waals surface area contributed by atoms with Crippen molar-refractivity contribution in [3.05, 3.63) is 150 Å². The van der Waals surface area contributed by atoms with E-state index in [4.69, 9.17) is 9.73 Å². The number of hydrogen-bond donors (Lipinski definition) is 0. The van der Waals surface area contributed by atoms with Gasteiger partial charge in [0.1, 0.15) is 5.75 Å². The molecule has 40 heavy (non-hydrogen) atoms. The van der Waals surface area contributed by atoms with Crippen LogP contribution < -0.4 is 4.74 Å². The highest BCUT2D eigenvalue weighted by atomic mass is 35.5. The van der Waals surface area contributed by atoms with Crippen LogP contribution in [0.25, 0.3) is 27.7 Å². The second kappa shape index (κ2) is 12.1. The van der Waals surface area contributed by atoms with Crippen molar-refractivity contribution < 1.29 is 4.74 Å². The largest absolute Gasteiger partial charge is 0.494 e. The average molecular weight is 543 g/mol. The monoisotopic (exact) mass is 542 g/mol. The molecule has 1 heterocycles. The van der Waals surface area contributed by atoms with E-state index in [-0.39, 0.29) is 12.4 Å². The fourth-order valence-electron chi connectivity index (χ4n) is 5.28. The van der Waals surface area contributed by atoms with Gasteiger partial charge in [0.25, 0.3) is 0 Å². The maximum atomic E-state index is 5.56. The molecule has 6 rings (SSSR count). The van der Waals surface area contributed by atoms with E-state index in [9.17, 15) is 0 Å². The van der Waals surface area contributed by atoms with Crippen LogP contribution in [-0.2, 0) is 7.05 Å². The predicted molar refractivity (Wildman–Crippen MR) is 171 cm³/mol. The van der Waals surface area contributed by atoms with Crippen molar-refractivity contribution in [3.8, 4) is 17.0 Å². The zero-order chi connectivity index (χ0) is 26.6. The van der Waals surface area contributed by atoms with Crippen molar-refractivity contribution in [2.24, 2.45) is 12.0 Å². The van der Waals surface area contributed by atoms with Crippen LogP contribution in [0.3, 0.4) is 0 Å². The molecule has 1 aromatic heterocycles. The van der Waals surface area contributed by atoms with Crippen LogP contribution in [0, 0.1) is 0 Å². The Bertz CT molecular complexity index is 1720. The third-order valence-corrected chi connectivity index (χ3v) is 7.03. The number of rotatable bonds is 6. The van der Waals surface area contributed by atoms with Gasteiger partial charge in [-0.05, 0) is 71.7 Å². The van der Waals surface area contributed by atoms with Crippen molar-refractivity contribution in [1.82, 2.24) is 4.57 Å². The molecule has 1 aliphatic carbocycles. The molecule has 1 aliphatic rings. The van der Waals surface area contributed by atoms with Gasteiger partial charge in [0.05, 0.1) is 23.7 Å². The van der Waals surface area contributed by atoms with E-state index in [1.807, 2.05) is 31.2 Å². The molecule has 198 valence electrons. The predicted octanol–water partition coefficient (Wildman–Crippen LogP) is 9.37. The number of fused-ring (bicyclic) bond motifs is 1. The van der Waals surface area contributed by atoms with Gasteiger partial charge in [-0.3, -0.25) is 0 Å². The number of allylic oxidation sites excluding steroid dienone is 5. The molecule has 0 aliphatic heterocycles. The second-order valence-electron chi connectivity index (χ2n) is 9.49. The van der Waals surface area contributed by atoms with E-state index < -0.39 is 0 Å². The fourth-order valence-corrected chi connectivity index (χ4v) is 5.28. The molecule has 0 fully saturated rings. The fraction of sp³-hybridized carbons (Fsp3) is 0.0833. The Labute approximate surface area is 241 Å². The molecule has 0 saturated heterocycles. The Hall–Kier alpha value is -4.60. The first-order chi connectivity index (χ1) is 19.2. The van der Waals surface area contributed by atoms with E-state index >= 15 is 0 Å². The molecule has 0 unspecified atom stereocenters. The summed E-state index contributed by atoms with van der Waals surface area (Å²) in [6.45, 7) is 2.64. The van der Waals surface area contributed by atoms with Gasteiger partial charge in [0.15, 0.2) is 0 Å². The summed E-state index contributed by atoms with van der Waals surface area (Å²) in [4.78, 5) is 4.84. The lowest BCUT2D eigenvalue weighted by molar-refractivity contribution is 0.340. The van der Waals surface area contributed by atoms with Crippen molar-refractivity contribution in [3.63, 3.8) is 0 Å². The maximum Gasteiger partial charge on any atom is 0.119 e. The first-order valence-corrected chi connectivity index (χ1v) is 13.3. The first-order valence-electron chi connectivity index (χ1n) is 13.3. The molecular weight excluding hydrogens is 512 g/mol. The quantitative estimate of drug-likeness (QED) is 0.210. The minimum absolute atomic E-state index is 0. The van der Waals surface area contributed by atoms with Crippen LogP contribution >= 0.6 is 12.4 Å². The van der Waals surface area contributed by atoms with Crippen LogP contribution in [0.4, 0.5) is 5.69 Å². The minimum atomic E-state index is 0. The van der Waals surface area contributed by atoms with E-state index in [1.165, 1.54) is 38.9 Å². The Morgan fingerprint density at radius 2 is 1.35 bits per heavy atom. The van der Waals surface area contributed by atoms with Gasteiger partial charge < -0.3 is 9.30 Å². The van der Waals surface area contributed by atoms with Gasteiger partial charge in [-0.1, -0.05) is 91.0 Å². The number of ether oxygens (including phenoxy) is 1. The Morgan fingerprint density at radius 3 is 2.02 bits per heavy atom. The lowest BCUT2D eigenvalue weighted by Crippen LogP contribution is -2.00. The van der Waals surface area contributed by atoms with E-state index in [2.05, 4.69) is 121 Å². The maximum absolute atomic E-state index is 5.56. The number of para-hydroxylation sites is 1. The number of aryl methyl sites for hydroxylation is 1. The smallest absolute Gasteiger partial charge is 0.119 e. The molecule has 0 N–H and O–H groups in total. The van der Waals surface area contributed by atoms with Gasteiger partial charge in [0.2, 0.25) is 0 Å². The van der Waals surface area contributed by atoms with Crippen LogP contribution in [0.15, 0.2) is 144 Å². The summed E-state index contributed by atoms with van der Waals surface area (Å²) < 4.78 is 7.88. The van der Waals surface area contributed by atoms with Gasteiger partial charge >= 0.3 is 0 Å². The third kappa shape index (κ3) is 5.29. The van der Waals surface area contributed by atoms with E-state index in [1.54, 1.807) is 0 Å². The van der Waals surface area contributed by atoms with Crippen LogP contribution in [0.2, 0.25) is 0 Å². The van der Waals surface area contributed by atoms with E-state index in [0.29, 0.717) is 6.61 Å². The Morgan fingerprint density at radius 1 is 0.725 bits per heavy atom. The van der Waals surface area contributed by atoms with E-state index in [0.717, 1.165) is 22.7 Å². The Balaban J connectivity index is 0.00000323. The number of halogens is 1. The van der Waals surface area contributed by atoms with Crippen molar-refractivity contribution >= 4 is 40.3 Å². The number of hydrogen-bond acceptors (Lipinski definition) is 2. The first kappa shape index (κ1) is 27.0. The van der Waals surface area contributed by atoms with Crippen LogP contribution in [0.1, 0.15) is 18.1 Å². The lowest BCUT2D eigenvalue weighted by Gasteiger charge is -2.16. The number of aromatic nitrogens is 1. The third-order valence-electron chi connectivity index (χ3n) is 7.03. The topological polar surface area (TPSA) is 26.5 Å². The normalized spacial score (nSPS) is 12.3. The van der Waals surface area contributed by atoms with Crippen molar-refractivity contribution in [2.75, 3.05) is 6.61 Å². The summed E-state index contributed by atoms with van der Waals surface area (Å²) >= 11 is 0. The molecule has 0 saturated carbocycles. The highest BCUT2D eigenvalue weighted by Gasteiger charge is 2.22. The summed E-state index contributed by atoms with van der Waals surface area (Å²) in [6.07, 6.45) is 8.57. The molecule has 5 aromatic rings. The number of aliphatic imine (C=N–C) groups is 1. The van der Waals surface area contributed by atoms with Gasteiger partial charge in [-0.25, -0.2) is 4.99 Å². The summed E-state index contributed by atoms with van der Waals surface area (Å²) in [5.74, 6) is 0.859. The molecule has 0 radical (unpaired) electrons.